The summed E-state index contributed by atoms with van der Waals surface area (Å²) in [6.07, 6.45) is 0. The van der Waals surface area contributed by atoms with Crippen molar-refractivity contribution in [2.24, 2.45) is 0 Å². The molecule has 0 aliphatic carbocycles. The van der Waals surface area contributed by atoms with Crippen LogP contribution < -0.4 is 15.4 Å². The van der Waals surface area contributed by atoms with Crippen LogP contribution in [0.3, 0.4) is 0 Å². The predicted octanol–water partition coefficient (Wildman–Crippen LogP) is 2.93. The van der Waals surface area contributed by atoms with Crippen LogP contribution in [0.5, 0.6) is 5.75 Å². The molecule has 2 aromatic rings. The van der Waals surface area contributed by atoms with Gasteiger partial charge in [-0.3, -0.25) is 14.5 Å². The molecule has 0 fully saturated rings. The van der Waals surface area contributed by atoms with E-state index in [1.807, 2.05) is 24.4 Å². The number of hydrogen-bond donors (Lipinski definition) is 2. The fourth-order valence-electron chi connectivity index (χ4n) is 2.26. The minimum atomic E-state index is -2.89. The maximum Gasteiger partial charge on any atom is 0.387 e. The van der Waals surface area contributed by atoms with E-state index in [4.69, 9.17) is 0 Å². The summed E-state index contributed by atoms with van der Waals surface area (Å²) in [7, 11) is 0. The minimum absolute atomic E-state index is 0.0144. The Hall–Kier alpha value is -2.52. The molecular formula is C18H21F2N3O3S. The maximum absolute atomic E-state index is 12.1. The van der Waals surface area contributed by atoms with Gasteiger partial charge < -0.3 is 15.4 Å². The van der Waals surface area contributed by atoms with Gasteiger partial charge in [0.25, 0.3) is 0 Å². The fraction of sp³-hybridized carbons (Fsp3) is 0.333. The van der Waals surface area contributed by atoms with Crippen molar-refractivity contribution in [1.29, 1.82) is 0 Å². The van der Waals surface area contributed by atoms with Gasteiger partial charge in [0.05, 0.1) is 19.6 Å². The molecule has 0 aliphatic rings. The van der Waals surface area contributed by atoms with Gasteiger partial charge in [-0.1, -0.05) is 13.0 Å². The smallest absolute Gasteiger partial charge is 0.387 e. The zero-order valence-electron chi connectivity index (χ0n) is 14.8. The molecule has 0 radical (unpaired) electrons. The molecule has 2 rings (SSSR count). The van der Waals surface area contributed by atoms with Gasteiger partial charge in [-0.15, -0.1) is 11.3 Å². The van der Waals surface area contributed by atoms with E-state index in [2.05, 4.69) is 15.4 Å². The number of carbonyl (C=O) groups excluding carboxylic acids is 2. The van der Waals surface area contributed by atoms with E-state index < -0.39 is 6.61 Å². The Morgan fingerprint density at radius 1 is 1.15 bits per heavy atom. The second-order valence-electron chi connectivity index (χ2n) is 5.61. The number of nitrogens with zero attached hydrogens (tertiary/aromatic N) is 1. The lowest BCUT2D eigenvalue weighted by molar-refractivity contribution is -0.123. The number of thiophene rings is 1. The molecule has 1 heterocycles. The Bertz CT molecular complexity index is 724. The van der Waals surface area contributed by atoms with Crippen molar-refractivity contribution in [3.63, 3.8) is 0 Å². The van der Waals surface area contributed by atoms with Gasteiger partial charge in [-0.05, 0) is 42.3 Å². The third-order valence-corrected chi connectivity index (χ3v) is 4.46. The lowest BCUT2D eigenvalue weighted by Crippen LogP contribution is -2.40. The highest BCUT2D eigenvalue weighted by molar-refractivity contribution is 7.09. The molecule has 1 aromatic heterocycles. The molecule has 0 spiro atoms. The molecule has 27 heavy (non-hydrogen) atoms. The molecule has 0 saturated carbocycles. The summed E-state index contributed by atoms with van der Waals surface area (Å²) in [5, 5.41) is 7.42. The van der Waals surface area contributed by atoms with Crippen LogP contribution in [0, 0.1) is 0 Å². The van der Waals surface area contributed by atoms with Gasteiger partial charge in [-0.25, -0.2) is 0 Å². The molecule has 0 bridgehead atoms. The Morgan fingerprint density at radius 2 is 1.85 bits per heavy atom. The number of benzene rings is 1. The predicted molar refractivity (Wildman–Crippen MR) is 100.0 cm³/mol. The van der Waals surface area contributed by atoms with Gasteiger partial charge in [-0.2, -0.15) is 8.78 Å². The van der Waals surface area contributed by atoms with Crippen molar-refractivity contribution in [3.05, 3.63) is 46.7 Å². The average molecular weight is 397 g/mol. The van der Waals surface area contributed by atoms with Gasteiger partial charge in [0.2, 0.25) is 11.8 Å². The van der Waals surface area contributed by atoms with Crippen LogP contribution in [0.25, 0.3) is 0 Å². The summed E-state index contributed by atoms with van der Waals surface area (Å²) in [4.78, 5) is 26.9. The summed E-state index contributed by atoms with van der Waals surface area (Å²) >= 11 is 1.56. The minimum Gasteiger partial charge on any atom is -0.435 e. The molecular weight excluding hydrogens is 376 g/mol. The third kappa shape index (κ3) is 7.71. The van der Waals surface area contributed by atoms with E-state index in [1.54, 1.807) is 16.2 Å². The normalized spacial score (nSPS) is 10.9. The first kappa shape index (κ1) is 20.8. The van der Waals surface area contributed by atoms with Crippen LogP contribution in [0.1, 0.15) is 11.8 Å². The zero-order valence-corrected chi connectivity index (χ0v) is 15.6. The first-order chi connectivity index (χ1) is 13.0. The molecule has 6 nitrogen and oxygen atoms in total. The molecule has 0 atom stereocenters. The zero-order chi connectivity index (χ0) is 19.6. The molecule has 9 heteroatoms. The van der Waals surface area contributed by atoms with Crippen LogP contribution in [0.15, 0.2) is 41.8 Å². The van der Waals surface area contributed by atoms with E-state index in [-0.39, 0.29) is 30.7 Å². The summed E-state index contributed by atoms with van der Waals surface area (Å²) in [6.45, 7) is 0.105. The first-order valence-electron chi connectivity index (χ1n) is 8.32. The highest BCUT2D eigenvalue weighted by atomic mass is 32.1. The standard InChI is InChI=1S/C18H21F2N3O3S/c1-2-23(11-16(24)21-10-15-4-3-9-27-15)12-17(25)22-13-5-7-14(8-6-13)26-18(19)20/h3-9,18H,2,10-12H2,1H3,(H,21,24)(H,22,25). The van der Waals surface area contributed by atoms with E-state index in [1.165, 1.54) is 24.3 Å². The van der Waals surface area contributed by atoms with Gasteiger partial charge in [0.1, 0.15) is 5.75 Å². The summed E-state index contributed by atoms with van der Waals surface area (Å²) in [6, 6.07) is 9.49. The highest BCUT2D eigenvalue weighted by Crippen LogP contribution is 2.17. The molecule has 0 saturated heterocycles. The number of anilines is 1. The van der Waals surface area contributed by atoms with Crippen molar-refractivity contribution < 1.29 is 23.1 Å². The van der Waals surface area contributed by atoms with Crippen molar-refractivity contribution in [3.8, 4) is 5.75 Å². The number of nitrogens with one attached hydrogen (secondary N) is 2. The summed E-state index contributed by atoms with van der Waals surface area (Å²) in [5.41, 5.74) is 0.458. The van der Waals surface area contributed by atoms with E-state index in [0.29, 0.717) is 18.8 Å². The molecule has 1 aromatic carbocycles. The molecule has 0 unspecified atom stereocenters. The quantitative estimate of drug-likeness (QED) is 0.647. The van der Waals surface area contributed by atoms with Crippen LogP contribution in [0.4, 0.5) is 14.5 Å². The van der Waals surface area contributed by atoms with Crippen LogP contribution in [-0.2, 0) is 16.1 Å². The Morgan fingerprint density at radius 3 is 2.44 bits per heavy atom. The number of hydrogen-bond acceptors (Lipinski definition) is 5. The topological polar surface area (TPSA) is 70.7 Å². The summed E-state index contributed by atoms with van der Waals surface area (Å²) < 4.78 is 28.5. The van der Waals surface area contributed by atoms with Crippen molar-refractivity contribution >= 4 is 28.8 Å². The number of rotatable bonds is 10. The fourth-order valence-corrected chi connectivity index (χ4v) is 2.91. The molecule has 2 amide bonds. The highest BCUT2D eigenvalue weighted by Gasteiger charge is 2.13. The number of amides is 2. The molecule has 0 aliphatic heterocycles. The second-order valence-corrected chi connectivity index (χ2v) is 6.64. The van der Waals surface area contributed by atoms with Gasteiger partial charge >= 0.3 is 6.61 Å². The van der Waals surface area contributed by atoms with Gasteiger partial charge in [0.15, 0.2) is 0 Å². The van der Waals surface area contributed by atoms with E-state index >= 15 is 0 Å². The van der Waals surface area contributed by atoms with Crippen LogP contribution >= 0.6 is 11.3 Å². The van der Waals surface area contributed by atoms with Crippen molar-refractivity contribution in [2.75, 3.05) is 25.0 Å². The number of alkyl halides is 2. The molecule has 146 valence electrons. The maximum atomic E-state index is 12.1. The Balaban J connectivity index is 1.77. The SMILES string of the molecule is CCN(CC(=O)NCc1cccs1)CC(=O)Nc1ccc(OC(F)F)cc1. The molecule has 2 N–H and O–H groups in total. The lowest BCUT2D eigenvalue weighted by Gasteiger charge is -2.19. The Labute approximate surface area is 160 Å². The second kappa shape index (κ2) is 10.6. The van der Waals surface area contributed by atoms with Crippen molar-refractivity contribution in [2.45, 2.75) is 20.1 Å². The van der Waals surface area contributed by atoms with Gasteiger partial charge in [0, 0.05) is 10.6 Å². The number of likely N-dealkylation sites (N-methyl/N-ethyl adjacent to an activating group) is 1. The largest absolute Gasteiger partial charge is 0.435 e. The summed E-state index contributed by atoms with van der Waals surface area (Å²) in [5.74, 6) is -0.447. The first-order valence-corrected chi connectivity index (χ1v) is 9.20. The van der Waals surface area contributed by atoms with Crippen LogP contribution in [0.2, 0.25) is 0 Å². The monoisotopic (exact) mass is 397 g/mol. The third-order valence-electron chi connectivity index (χ3n) is 3.58. The number of ether oxygens (including phenoxy) is 1. The van der Waals surface area contributed by atoms with E-state index in [9.17, 15) is 18.4 Å². The number of halogens is 2. The average Bonchev–Trinajstić information content (AvgIpc) is 3.14. The number of carbonyl (C=O) groups is 2. The van der Waals surface area contributed by atoms with Crippen molar-refractivity contribution in [1.82, 2.24) is 10.2 Å². The van der Waals surface area contributed by atoms with E-state index in [0.717, 1.165) is 4.88 Å². The lowest BCUT2D eigenvalue weighted by atomic mass is 10.3. The van der Waals surface area contributed by atoms with Crippen LogP contribution in [-0.4, -0.2) is 43.0 Å². The Kier molecular flexibility index (Phi) is 8.15.